The topological polar surface area (TPSA) is 71.3 Å². The number of benzene rings is 2. The number of aromatic nitrogens is 2. The van der Waals surface area contributed by atoms with Crippen LogP contribution in [0.4, 0.5) is 0 Å². The van der Waals surface area contributed by atoms with Crippen molar-refractivity contribution in [1.82, 2.24) is 20.4 Å². The van der Waals surface area contributed by atoms with Crippen molar-refractivity contribution in [3.05, 3.63) is 94.7 Å². The molecule has 34 heavy (non-hydrogen) atoms. The van der Waals surface area contributed by atoms with E-state index in [9.17, 15) is 4.79 Å². The number of carbonyl (C=O) groups excluding carboxylic acids is 1. The molecule has 1 aliphatic rings. The van der Waals surface area contributed by atoms with Gasteiger partial charge in [-0.15, -0.1) is 11.3 Å². The molecule has 0 bridgehead atoms. The van der Waals surface area contributed by atoms with Gasteiger partial charge in [0.1, 0.15) is 0 Å². The smallest absolute Gasteiger partial charge is 0.241 e. The first-order valence-corrected chi connectivity index (χ1v) is 12.5. The van der Waals surface area contributed by atoms with Crippen molar-refractivity contribution in [2.75, 3.05) is 13.1 Å². The fourth-order valence-electron chi connectivity index (χ4n) is 4.39. The number of aryl methyl sites for hydroxylation is 1. The number of nitrogens with one attached hydrogen (secondary N) is 1. The summed E-state index contributed by atoms with van der Waals surface area (Å²) < 4.78 is 5.45. The summed E-state index contributed by atoms with van der Waals surface area (Å²) in [6, 6.07) is 22.4. The summed E-state index contributed by atoms with van der Waals surface area (Å²) in [5, 5.41) is 9.42. The van der Waals surface area contributed by atoms with Crippen LogP contribution >= 0.6 is 11.3 Å². The van der Waals surface area contributed by atoms with Crippen LogP contribution in [0.2, 0.25) is 0 Å². The van der Waals surface area contributed by atoms with Gasteiger partial charge in [-0.05, 0) is 55.4 Å². The number of rotatable bonds is 7. The number of nitrogens with zero attached hydrogens (tertiary/aromatic N) is 3. The largest absolute Gasteiger partial charge is 0.345 e. The lowest BCUT2D eigenvalue weighted by molar-refractivity contribution is -0.127. The molecule has 7 heteroatoms. The fraction of sp³-hybridized carbons (Fsp3) is 0.296. The lowest BCUT2D eigenvalue weighted by Crippen LogP contribution is -2.41. The highest BCUT2D eigenvalue weighted by atomic mass is 32.1. The first-order chi connectivity index (χ1) is 16.7. The summed E-state index contributed by atoms with van der Waals surface area (Å²) in [5.41, 5.74) is 3.40. The SMILES string of the molecule is Cc1ccc(C(NC(=O)C2CCN(Cc3nc(-c4cccs4)no3)CC2)c2ccccc2)cc1. The van der Waals surface area contributed by atoms with Gasteiger partial charge in [0.25, 0.3) is 0 Å². The second-order valence-electron chi connectivity index (χ2n) is 8.80. The van der Waals surface area contributed by atoms with Crippen molar-refractivity contribution in [2.45, 2.75) is 32.4 Å². The lowest BCUT2D eigenvalue weighted by Gasteiger charge is -2.31. The van der Waals surface area contributed by atoms with Crippen LogP contribution in [-0.2, 0) is 11.3 Å². The van der Waals surface area contributed by atoms with Crippen molar-refractivity contribution in [2.24, 2.45) is 5.92 Å². The molecular weight excluding hydrogens is 444 g/mol. The Bertz CT molecular complexity index is 1200. The molecule has 5 rings (SSSR count). The Balaban J connectivity index is 1.19. The van der Waals surface area contributed by atoms with Gasteiger partial charge in [0.15, 0.2) is 0 Å². The van der Waals surface area contributed by atoms with E-state index in [4.69, 9.17) is 4.52 Å². The third-order valence-electron chi connectivity index (χ3n) is 6.36. The number of carbonyl (C=O) groups is 1. The maximum Gasteiger partial charge on any atom is 0.241 e. The Labute approximate surface area is 203 Å². The molecule has 0 spiro atoms. The first-order valence-electron chi connectivity index (χ1n) is 11.7. The minimum atomic E-state index is -0.151. The summed E-state index contributed by atoms with van der Waals surface area (Å²) in [5.74, 6) is 1.38. The highest BCUT2D eigenvalue weighted by molar-refractivity contribution is 7.13. The van der Waals surface area contributed by atoms with E-state index >= 15 is 0 Å². The molecule has 1 atom stereocenters. The quantitative estimate of drug-likeness (QED) is 0.399. The van der Waals surface area contributed by atoms with E-state index in [1.165, 1.54) is 5.56 Å². The number of likely N-dealkylation sites (tertiary alicyclic amines) is 1. The van der Waals surface area contributed by atoms with Gasteiger partial charge in [0.2, 0.25) is 17.6 Å². The Morgan fingerprint density at radius 3 is 2.50 bits per heavy atom. The number of hydrogen-bond donors (Lipinski definition) is 1. The van der Waals surface area contributed by atoms with Crippen LogP contribution in [0.25, 0.3) is 10.7 Å². The molecular formula is C27H28N4O2S. The van der Waals surface area contributed by atoms with E-state index in [1.807, 2.05) is 35.7 Å². The Morgan fingerprint density at radius 1 is 1.06 bits per heavy atom. The highest BCUT2D eigenvalue weighted by Crippen LogP contribution is 2.26. The minimum Gasteiger partial charge on any atom is -0.345 e. The third-order valence-corrected chi connectivity index (χ3v) is 7.22. The maximum absolute atomic E-state index is 13.3. The summed E-state index contributed by atoms with van der Waals surface area (Å²) in [6.07, 6.45) is 1.63. The molecule has 1 fully saturated rings. The van der Waals surface area contributed by atoms with Crippen molar-refractivity contribution in [3.8, 4) is 10.7 Å². The summed E-state index contributed by atoms with van der Waals surface area (Å²) in [4.78, 5) is 21.1. The van der Waals surface area contributed by atoms with Gasteiger partial charge in [-0.3, -0.25) is 9.69 Å². The minimum absolute atomic E-state index is 0.00252. The molecule has 174 valence electrons. The zero-order valence-corrected chi connectivity index (χ0v) is 20.0. The van der Waals surface area contributed by atoms with Gasteiger partial charge < -0.3 is 9.84 Å². The van der Waals surface area contributed by atoms with Crippen molar-refractivity contribution < 1.29 is 9.32 Å². The molecule has 1 unspecified atom stereocenters. The molecule has 2 aromatic heterocycles. The second kappa shape index (κ2) is 10.3. The van der Waals surface area contributed by atoms with E-state index in [2.05, 4.69) is 63.7 Å². The van der Waals surface area contributed by atoms with Crippen LogP contribution in [0.1, 0.15) is 41.5 Å². The first kappa shape index (κ1) is 22.5. The molecule has 1 aliphatic heterocycles. The second-order valence-corrected chi connectivity index (χ2v) is 9.75. The van der Waals surface area contributed by atoms with E-state index in [0.717, 1.165) is 41.9 Å². The zero-order valence-electron chi connectivity index (χ0n) is 19.2. The summed E-state index contributed by atoms with van der Waals surface area (Å²) in [7, 11) is 0. The van der Waals surface area contributed by atoms with Crippen LogP contribution < -0.4 is 5.32 Å². The molecule has 3 heterocycles. The number of thiophene rings is 1. The van der Waals surface area contributed by atoms with Crippen molar-refractivity contribution >= 4 is 17.2 Å². The van der Waals surface area contributed by atoms with Gasteiger partial charge in [0, 0.05) is 5.92 Å². The standard InChI is InChI=1S/C27H28N4O2S/c1-19-9-11-21(12-10-19)25(20-6-3-2-4-7-20)29-27(32)22-13-15-31(16-14-22)18-24-28-26(30-33-24)23-8-5-17-34-23/h2-12,17,22,25H,13-16,18H2,1H3,(H,29,32). The van der Waals surface area contributed by atoms with E-state index < -0.39 is 0 Å². The van der Waals surface area contributed by atoms with Gasteiger partial charge in [-0.25, -0.2) is 0 Å². The molecule has 6 nitrogen and oxygen atoms in total. The van der Waals surface area contributed by atoms with Gasteiger partial charge in [-0.1, -0.05) is 71.4 Å². The number of amides is 1. The van der Waals surface area contributed by atoms with Gasteiger partial charge >= 0.3 is 0 Å². The van der Waals surface area contributed by atoms with Crippen LogP contribution in [0.3, 0.4) is 0 Å². The summed E-state index contributed by atoms with van der Waals surface area (Å²) in [6.45, 7) is 4.35. The lowest BCUT2D eigenvalue weighted by atomic mass is 9.93. The predicted molar refractivity (Wildman–Crippen MR) is 133 cm³/mol. The summed E-state index contributed by atoms with van der Waals surface area (Å²) >= 11 is 1.60. The number of piperidine rings is 1. The van der Waals surface area contributed by atoms with E-state index in [1.54, 1.807) is 11.3 Å². The predicted octanol–water partition coefficient (Wildman–Crippen LogP) is 5.22. The molecule has 4 aromatic rings. The van der Waals surface area contributed by atoms with Crippen molar-refractivity contribution in [1.29, 1.82) is 0 Å². The van der Waals surface area contributed by atoms with Crippen LogP contribution in [-0.4, -0.2) is 34.0 Å². The van der Waals surface area contributed by atoms with Crippen molar-refractivity contribution in [3.63, 3.8) is 0 Å². The Kier molecular flexibility index (Phi) is 6.83. The third kappa shape index (κ3) is 5.26. The monoisotopic (exact) mass is 472 g/mol. The molecule has 0 radical (unpaired) electrons. The molecule has 1 N–H and O–H groups in total. The molecule has 0 aliphatic carbocycles. The average molecular weight is 473 g/mol. The van der Waals surface area contributed by atoms with E-state index in [0.29, 0.717) is 18.3 Å². The molecule has 1 saturated heterocycles. The van der Waals surface area contributed by atoms with Crippen LogP contribution in [0, 0.1) is 12.8 Å². The van der Waals surface area contributed by atoms with Gasteiger partial charge in [0.05, 0.1) is 17.5 Å². The highest BCUT2D eigenvalue weighted by Gasteiger charge is 2.28. The fourth-order valence-corrected chi connectivity index (χ4v) is 5.04. The normalized spacial score (nSPS) is 15.8. The van der Waals surface area contributed by atoms with Crippen LogP contribution in [0.15, 0.2) is 76.6 Å². The molecule has 2 aromatic carbocycles. The zero-order chi connectivity index (χ0) is 23.3. The van der Waals surface area contributed by atoms with Crippen LogP contribution in [0.5, 0.6) is 0 Å². The number of hydrogen-bond acceptors (Lipinski definition) is 6. The maximum atomic E-state index is 13.3. The Morgan fingerprint density at radius 2 is 1.79 bits per heavy atom. The average Bonchev–Trinajstić information content (AvgIpc) is 3.56. The Hall–Kier alpha value is -3.29. The molecule has 0 saturated carbocycles. The van der Waals surface area contributed by atoms with E-state index in [-0.39, 0.29) is 17.9 Å². The van der Waals surface area contributed by atoms with Gasteiger partial charge in [-0.2, -0.15) is 4.98 Å². The molecule has 1 amide bonds.